The van der Waals surface area contributed by atoms with Crippen LogP contribution in [-0.4, -0.2) is 35.3 Å². The standard InChI is InChI=1S/C14H13BrN2O4/c1-20-10-4-3-8(5-11(10)21-2)6-12-16-7-9(15)13(17-12)14(18)19/h3-5,7H,6H2,1-2H3,(H,18,19). The monoisotopic (exact) mass is 352 g/mol. The van der Waals surface area contributed by atoms with Gasteiger partial charge in [-0.15, -0.1) is 0 Å². The Morgan fingerprint density at radius 2 is 2.00 bits per heavy atom. The number of ether oxygens (including phenoxy) is 2. The number of hydrogen-bond acceptors (Lipinski definition) is 5. The zero-order valence-electron chi connectivity index (χ0n) is 11.5. The molecule has 1 N–H and O–H groups in total. The number of nitrogens with zero attached hydrogens (tertiary/aromatic N) is 2. The topological polar surface area (TPSA) is 81.5 Å². The fourth-order valence-electron chi connectivity index (χ4n) is 1.81. The number of halogens is 1. The third-order valence-corrected chi connectivity index (χ3v) is 3.39. The average molecular weight is 353 g/mol. The summed E-state index contributed by atoms with van der Waals surface area (Å²) in [6, 6.07) is 5.45. The van der Waals surface area contributed by atoms with Gasteiger partial charge in [-0.05, 0) is 33.6 Å². The Bertz CT molecular complexity index is 676. The van der Waals surface area contributed by atoms with E-state index in [2.05, 4.69) is 25.9 Å². The van der Waals surface area contributed by atoms with Crippen molar-refractivity contribution >= 4 is 21.9 Å². The Balaban J connectivity index is 2.30. The highest BCUT2D eigenvalue weighted by atomic mass is 79.9. The second kappa shape index (κ2) is 6.53. The number of methoxy groups -OCH3 is 2. The lowest BCUT2D eigenvalue weighted by Crippen LogP contribution is -2.07. The molecule has 0 fully saturated rings. The van der Waals surface area contributed by atoms with E-state index in [-0.39, 0.29) is 5.69 Å². The SMILES string of the molecule is COc1ccc(Cc2ncc(Br)c(C(=O)O)n2)cc1OC. The van der Waals surface area contributed by atoms with Crippen molar-refractivity contribution in [3.8, 4) is 11.5 Å². The van der Waals surface area contributed by atoms with Crippen molar-refractivity contribution in [2.75, 3.05) is 14.2 Å². The molecule has 0 unspecified atom stereocenters. The molecule has 2 rings (SSSR count). The highest BCUT2D eigenvalue weighted by Gasteiger charge is 2.13. The van der Waals surface area contributed by atoms with Gasteiger partial charge in [0.2, 0.25) is 0 Å². The van der Waals surface area contributed by atoms with Crippen molar-refractivity contribution in [2.45, 2.75) is 6.42 Å². The minimum atomic E-state index is -1.10. The zero-order valence-corrected chi connectivity index (χ0v) is 13.0. The predicted molar refractivity (Wildman–Crippen MR) is 79.0 cm³/mol. The normalized spacial score (nSPS) is 10.2. The molecule has 0 amide bonds. The summed E-state index contributed by atoms with van der Waals surface area (Å²) in [5, 5.41) is 9.05. The van der Waals surface area contributed by atoms with Gasteiger partial charge in [-0.2, -0.15) is 0 Å². The fraction of sp³-hybridized carbons (Fsp3) is 0.214. The van der Waals surface area contributed by atoms with Gasteiger partial charge in [0.25, 0.3) is 0 Å². The van der Waals surface area contributed by atoms with Crippen molar-refractivity contribution < 1.29 is 19.4 Å². The van der Waals surface area contributed by atoms with Gasteiger partial charge in [-0.25, -0.2) is 14.8 Å². The summed E-state index contributed by atoms with van der Waals surface area (Å²) < 4.78 is 10.7. The molecule has 0 radical (unpaired) electrons. The molecular formula is C14H13BrN2O4. The number of benzene rings is 1. The molecule has 6 nitrogen and oxygen atoms in total. The van der Waals surface area contributed by atoms with Crippen molar-refractivity contribution in [2.24, 2.45) is 0 Å². The van der Waals surface area contributed by atoms with Crippen LogP contribution in [0, 0.1) is 0 Å². The van der Waals surface area contributed by atoms with Crippen molar-refractivity contribution in [1.82, 2.24) is 9.97 Å². The lowest BCUT2D eigenvalue weighted by atomic mass is 10.1. The summed E-state index contributed by atoms with van der Waals surface area (Å²) in [4.78, 5) is 19.2. The Morgan fingerprint density at radius 1 is 1.29 bits per heavy atom. The average Bonchev–Trinajstić information content (AvgIpc) is 2.48. The highest BCUT2D eigenvalue weighted by molar-refractivity contribution is 9.10. The summed E-state index contributed by atoms with van der Waals surface area (Å²) in [7, 11) is 3.12. The molecule has 0 aliphatic rings. The molecular weight excluding hydrogens is 340 g/mol. The van der Waals surface area contributed by atoms with Crippen LogP contribution < -0.4 is 9.47 Å². The third-order valence-electron chi connectivity index (χ3n) is 2.81. The summed E-state index contributed by atoms with van der Waals surface area (Å²) in [5.41, 5.74) is 0.840. The summed E-state index contributed by atoms with van der Waals surface area (Å²) in [6.07, 6.45) is 1.83. The van der Waals surface area contributed by atoms with Crippen LogP contribution in [0.4, 0.5) is 0 Å². The van der Waals surface area contributed by atoms with E-state index in [4.69, 9.17) is 14.6 Å². The van der Waals surface area contributed by atoms with E-state index in [9.17, 15) is 4.79 Å². The number of aromatic nitrogens is 2. The first-order valence-corrected chi connectivity index (χ1v) is 6.80. The van der Waals surface area contributed by atoms with Gasteiger partial charge in [0.1, 0.15) is 5.82 Å². The summed E-state index contributed by atoms with van der Waals surface area (Å²) in [6.45, 7) is 0. The molecule has 0 bridgehead atoms. The molecule has 0 saturated heterocycles. The second-order valence-corrected chi connectivity index (χ2v) is 5.01. The van der Waals surface area contributed by atoms with E-state index in [1.165, 1.54) is 6.20 Å². The van der Waals surface area contributed by atoms with E-state index in [1.807, 2.05) is 12.1 Å². The Labute approximate surface area is 129 Å². The Morgan fingerprint density at radius 3 is 2.62 bits per heavy atom. The van der Waals surface area contributed by atoms with Crippen LogP contribution in [0.3, 0.4) is 0 Å². The molecule has 0 spiro atoms. The molecule has 1 aromatic carbocycles. The van der Waals surface area contributed by atoms with Crippen LogP contribution in [-0.2, 0) is 6.42 Å². The van der Waals surface area contributed by atoms with E-state index >= 15 is 0 Å². The van der Waals surface area contributed by atoms with Crippen molar-refractivity contribution in [3.63, 3.8) is 0 Å². The summed E-state index contributed by atoms with van der Waals surface area (Å²) in [5.74, 6) is 0.551. The molecule has 21 heavy (non-hydrogen) atoms. The van der Waals surface area contributed by atoms with Crippen LogP contribution in [0.15, 0.2) is 28.9 Å². The van der Waals surface area contributed by atoms with E-state index < -0.39 is 5.97 Å². The number of aromatic carboxylic acids is 1. The fourth-order valence-corrected chi connectivity index (χ4v) is 2.17. The van der Waals surface area contributed by atoms with Gasteiger partial charge in [0.15, 0.2) is 17.2 Å². The zero-order chi connectivity index (χ0) is 15.4. The lowest BCUT2D eigenvalue weighted by Gasteiger charge is -2.09. The largest absolute Gasteiger partial charge is 0.493 e. The van der Waals surface area contributed by atoms with Gasteiger partial charge < -0.3 is 14.6 Å². The molecule has 0 atom stereocenters. The number of rotatable bonds is 5. The molecule has 0 aliphatic heterocycles. The van der Waals surface area contributed by atoms with E-state index in [0.29, 0.717) is 28.2 Å². The third kappa shape index (κ3) is 3.49. The molecule has 0 saturated carbocycles. The summed E-state index contributed by atoms with van der Waals surface area (Å²) >= 11 is 3.12. The van der Waals surface area contributed by atoms with Gasteiger partial charge in [-0.1, -0.05) is 6.07 Å². The maximum atomic E-state index is 11.1. The van der Waals surface area contributed by atoms with Crippen LogP contribution in [0.5, 0.6) is 11.5 Å². The Hall–Kier alpha value is -2.15. The van der Waals surface area contributed by atoms with Gasteiger partial charge in [-0.3, -0.25) is 0 Å². The molecule has 1 aromatic heterocycles. The number of carbonyl (C=O) groups is 1. The first-order valence-electron chi connectivity index (χ1n) is 6.00. The smallest absolute Gasteiger partial charge is 0.355 e. The minimum Gasteiger partial charge on any atom is -0.493 e. The van der Waals surface area contributed by atoms with E-state index in [1.54, 1.807) is 20.3 Å². The molecule has 1 heterocycles. The lowest BCUT2D eigenvalue weighted by molar-refractivity contribution is 0.0688. The van der Waals surface area contributed by atoms with Gasteiger partial charge in [0, 0.05) is 12.6 Å². The van der Waals surface area contributed by atoms with Gasteiger partial charge in [0.05, 0.1) is 18.7 Å². The molecule has 2 aromatic rings. The molecule has 7 heteroatoms. The number of carboxylic acids is 1. The number of carboxylic acid groups (broad SMARTS) is 1. The predicted octanol–water partition coefficient (Wildman–Crippen LogP) is 2.55. The van der Waals surface area contributed by atoms with Crippen molar-refractivity contribution in [1.29, 1.82) is 0 Å². The number of hydrogen-bond donors (Lipinski definition) is 1. The maximum Gasteiger partial charge on any atom is 0.355 e. The van der Waals surface area contributed by atoms with Crippen LogP contribution in [0.2, 0.25) is 0 Å². The maximum absolute atomic E-state index is 11.1. The molecule has 0 aliphatic carbocycles. The highest BCUT2D eigenvalue weighted by Crippen LogP contribution is 2.28. The van der Waals surface area contributed by atoms with Crippen LogP contribution in [0.1, 0.15) is 21.9 Å². The van der Waals surface area contributed by atoms with Crippen LogP contribution >= 0.6 is 15.9 Å². The first kappa shape index (κ1) is 15.2. The van der Waals surface area contributed by atoms with Gasteiger partial charge >= 0.3 is 5.97 Å². The molecule has 110 valence electrons. The Kier molecular flexibility index (Phi) is 4.74. The minimum absolute atomic E-state index is 0.0551. The quantitative estimate of drug-likeness (QED) is 0.890. The van der Waals surface area contributed by atoms with Crippen molar-refractivity contribution in [3.05, 3.63) is 46.0 Å². The first-order chi connectivity index (χ1) is 10.0. The van der Waals surface area contributed by atoms with E-state index in [0.717, 1.165) is 5.56 Å². The second-order valence-electron chi connectivity index (χ2n) is 4.15. The van der Waals surface area contributed by atoms with Crippen LogP contribution in [0.25, 0.3) is 0 Å².